The number of hydrogen-bond donors (Lipinski definition) is 1. The van der Waals surface area contributed by atoms with E-state index in [1.807, 2.05) is 0 Å². The number of rotatable bonds is 3. The van der Waals surface area contributed by atoms with Crippen LogP contribution in [0.15, 0.2) is 42.5 Å². The van der Waals surface area contributed by atoms with E-state index < -0.39 is 0 Å². The second-order valence-corrected chi connectivity index (χ2v) is 6.83. The van der Waals surface area contributed by atoms with E-state index in [2.05, 4.69) is 66.5 Å². The molecule has 1 aliphatic carbocycles. The van der Waals surface area contributed by atoms with E-state index in [1.165, 1.54) is 31.2 Å². The third-order valence-electron chi connectivity index (χ3n) is 5.33. The van der Waals surface area contributed by atoms with Gasteiger partial charge in [-0.3, -0.25) is 4.90 Å². The topological polar surface area (TPSA) is 15.3 Å². The van der Waals surface area contributed by atoms with Crippen molar-refractivity contribution in [3.05, 3.63) is 48.0 Å². The summed E-state index contributed by atoms with van der Waals surface area (Å²) in [6.45, 7) is 6.89. The molecule has 1 aromatic carbocycles. The lowest BCUT2D eigenvalue weighted by molar-refractivity contribution is 0.0410. The van der Waals surface area contributed by atoms with Gasteiger partial charge in [0.05, 0.1) is 0 Å². The normalized spacial score (nSPS) is 34.0. The van der Waals surface area contributed by atoms with E-state index in [0.717, 1.165) is 13.1 Å². The molecule has 2 heteroatoms. The van der Waals surface area contributed by atoms with Gasteiger partial charge in [-0.1, -0.05) is 49.4 Å². The predicted octanol–water partition coefficient (Wildman–Crippen LogP) is 3.91. The van der Waals surface area contributed by atoms with Crippen LogP contribution in [0.25, 0.3) is 0 Å². The second kappa shape index (κ2) is 6.33. The Bertz CT molecular complexity index is 482. The number of piperazine rings is 1. The molecular weight excluding hydrogens is 256 g/mol. The van der Waals surface area contributed by atoms with Crippen molar-refractivity contribution >= 4 is 0 Å². The maximum atomic E-state index is 3.80. The van der Waals surface area contributed by atoms with Gasteiger partial charge in [0, 0.05) is 30.7 Å². The molecule has 1 aromatic rings. The zero-order valence-corrected chi connectivity index (χ0v) is 13.4. The first-order chi connectivity index (χ1) is 10.2. The minimum atomic E-state index is 0.256. The first kappa shape index (κ1) is 14.8. The van der Waals surface area contributed by atoms with Crippen molar-refractivity contribution in [2.45, 2.75) is 57.2 Å². The highest BCUT2D eigenvalue weighted by molar-refractivity contribution is 5.21. The summed E-state index contributed by atoms with van der Waals surface area (Å²) in [6.07, 6.45) is 9.66. The summed E-state index contributed by atoms with van der Waals surface area (Å²) in [5.74, 6) is 0. The summed E-state index contributed by atoms with van der Waals surface area (Å²) in [5.41, 5.74) is 1.71. The average Bonchev–Trinajstić information content (AvgIpc) is 2.56. The molecular formula is C19H28N2. The molecule has 0 aromatic heterocycles. The first-order valence-electron chi connectivity index (χ1n) is 8.42. The number of hydrogen-bond acceptors (Lipinski definition) is 2. The first-order valence-corrected chi connectivity index (χ1v) is 8.42. The molecule has 0 bridgehead atoms. The van der Waals surface area contributed by atoms with E-state index >= 15 is 0 Å². The Labute approximate surface area is 129 Å². The predicted molar refractivity (Wildman–Crippen MR) is 89.4 cm³/mol. The molecule has 1 N–H and O–H groups in total. The fourth-order valence-corrected chi connectivity index (χ4v) is 3.71. The molecule has 21 heavy (non-hydrogen) atoms. The summed E-state index contributed by atoms with van der Waals surface area (Å²) in [7, 11) is 0. The van der Waals surface area contributed by atoms with Crippen molar-refractivity contribution in [1.82, 2.24) is 10.2 Å². The zero-order valence-electron chi connectivity index (χ0n) is 13.4. The number of nitrogens with one attached hydrogen (secondary N) is 1. The Hall–Kier alpha value is -1.12. The van der Waals surface area contributed by atoms with Crippen molar-refractivity contribution in [2.24, 2.45) is 0 Å². The Kier molecular flexibility index (Phi) is 4.46. The van der Waals surface area contributed by atoms with Crippen molar-refractivity contribution in [2.75, 3.05) is 13.1 Å². The van der Waals surface area contributed by atoms with Gasteiger partial charge in [-0.25, -0.2) is 0 Å². The zero-order chi connectivity index (χ0) is 14.7. The molecule has 114 valence electrons. The SMILES string of the molecule is CCC1(C)CN(C2CC=CCC2)C(c2ccccc2)CN1. The van der Waals surface area contributed by atoms with Crippen LogP contribution >= 0.6 is 0 Å². The lowest BCUT2D eigenvalue weighted by Crippen LogP contribution is -2.61. The summed E-state index contributed by atoms with van der Waals surface area (Å²) in [6, 6.07) is 12.2. The molecule has 1 aliphatic heterocycles. The maximum Gasteiger partial charge on any atom is 0.0476 e. The Morgan fingerprint density at radius 3 is 2.71 bits per heavy atom. The van der Waals surface area contributed by atoms with Crippen LogP contribution in [-0.4, -0.2) is 29.6 Å². The standard InChI is InChI=1S/C19H28N2/c1-3-19(2)15-21(17-12-8-5-9-13-17)18(14-20-19)16-10-6-4-7-11-16/h4-8,10-11,17-18,20H,3,9,12-15H2,1-2H3. The maximum absolute atomic E-state index is 3.80. The van der Waals surface area contributed by atoms with Gasteiger partial charge in [-0.05, 0) is 38.2 Å². The van der Waals surface area contributed by atoms with Crippen molar-refractivity contribution in [3.63, 3.8) is 0 Å². The quantitative estimate of drug-likeness (QED) is 0.847. The Morgan fingerprint density at radius 1 is 1.24 bits per heavy atom. The molecule has 1 fully saturated rings. The highest BCUT2D eigenvalue weighted by Gasteiger charge is 2.38. The van der Waals surface area contributed by atoms with E-state index in [1.54, 1.807) is 0 Å². The lowest BCUT2D eigenvalue weighted by atomic mass is 9.87. The van der Waals surface area contributed by atoms with E-state index in [9.17, 15) is 0 Å². The van der Waals surface area contributed by atoms with Gasteiger partial charge in [0.15, 0.2) is 0 Å². The minimum Gasteiger partial charge on any atom is -0.308 e. The Morgan fingerprint density at radius 2 is 2.05 bits per heavy atom. The van der Waals surface area contributed by atoms with Crippen LogP contribution in [0.5, 0.6) is 0 Å². The third kappa shape index (κ3) is 3.22. The van der Waals surface area contributed by atoms with Gasteiger partial charge in [-0.15, -0.1) is 0 Å². The number of nitrogens with zero attached hydrogens (tertiary/aromatic N) is 1. The van der Waals surface area contributed by atoms with E-state index in [-0.39, 0.29) is 5.54 Å². The van der Waals surface area contributed by atoms with Crippen LogP contribution in [0.4, 0.5) is 0 Å². The smallest absolute Gasteiger partial charge is 0.0476 e. The number of allylic oxidation sites excluding steroid dienone is 1. The third-order valence-corrected chi connectivity index (χ3v) is 5.33. The molecule has 3 atom stereocenters. The van der Waals surface area contributed by atoms with Crippen molar-refractivity contribution in [3.8, 4) is 0 Å². The molecule has 1 saturated heterocycles. The molecule has 0 amide bonds. The molecule has 0 spiro atoms. The van der Waals surface area contributed by atoms with Gasteiger partial charge in [0.25, 0.3) is 0 Å². The molecule has 1 heterocycles. The Balaban J connectivity index is 1.85. The van der Waals surface area contributed by atoms with E-state index in [0.29, 0.717) is 12.1 Å². The van der Waals surface area contributed by atoms with Crippen LogP contribution in [0.2, 0.25) is 0 Å². The fourth-order valence-electron chi connectivity index (χ4n) is 3.71. The summed E-state index contributed by atoms with van der Waals surface area (Å²) >= 11 is 0. The van der Waals surface area contributed by atoms with E-state index in [4.69, 9.17) is 0 Å². The van der Waals surface area contributed by atoms with Crippen LogP contribution < -0.4 is 5.32 Å². The molecule has 3 unspecified atom stereocenters. The van der Waals surface area contributed by atoms with Crippen molar-refractivity contribution in [1.29, 1.82) is 0 Å². The fraction of sp³-hybridized carbons (Fsp3) is 0.579. The monoisotopic (exact) mass is 284 g/mol. The highest BCUT2D eigenvalue weighted by Crippen LogP contribution is 2.33. The second-order valence-electron chi connectivity index (χ2n) is 6.83. The van der Waals surface area contributed by atoms with Crippen LogP contribution in [0.3, 0.4) is 0 Å². The number of benzene rings is 1. The van der Waals surface area contributed by atoms with Gasteiger partial charge in [0.2, 0.25) is 0 Å². The molecule has 0 radical (unpaired) electrons. The molecule has 0 saturated carbocycles. The largest absolute Gasteiger partial charge is 0.308 e. The van der Waals surface area contributed by atoms with Crippen molar-refractivity contribution < 1.29 is 0 Å². The van der Waals surface area contributed by atoms with Gasteiger partial charge < -0.3 is 5.32 Å². The molecule has 3 rings (SSSR count). The van der Waals surface area contributed by atoms with Crippen LogP contribution in [0.1, 0.15) is 51.1 Å². The lowest BCUT2D eigenvalue weighted by Gasteiger charge is -2.49. The van der Waals surface area contributed by atoms with Crippen LogP contribution in [0, 0.1) is 0 Å². The molecule has 2 aliphatic rings. The summed E-state index contributed by atoms with van der Waals surface area (Å²) < 4.78 is 0. The summed E-state index contributed by atoms with van der Waals surface area (Å²) in [4.78, 5) is 2.78. The van der Waals surface area contributed by atoms with Gasteiger partial charge in [0.1, 0.15) is 0 Å². The minimum absolute atomic E-state index is 0.256. The van der Waals surface area contributed by atoms with Gasteiger partial charge >= 0.3 is 0 Å². The highest BCUT2D eigenvalue weighted by atomic mass is 15.3. The van der Waals surface area contributed by atoms with Gasteiger partial charge in [-0.2, -0.15) is 0 Å². The average molecular weight is 284 g/mol. The summed E-state index contributed by atoms with van der Waals surface area (Å²) in [5, 5.41) is 3.80. The van der Waals surface area contributed by atoms with Crippen LogP contribution in [-0.2, 0) is 0 Å². The molecule has 2 nitrogen and oxygen atoms in total.